The van der Waals surface area contributed by atoms with Gasteiger partial charge in [0.1, 0.15) is 0 Å². The average molecular weight is 304 g/mol. The Kier molecular flexibility index (Phi) is 5.48. The molecule has 0 radical (unpaired) electrons. The summed E-state index contributed by atoms with van der Waals surface area (Å²) in [4.78, 5) is 17.9. The van der Waals surface area contributed by atoms with Gasteiger partial charge in [0, 0.05) is 31.3 Å². The van der Waals surface area contributed by atoms with E-state index in [-0.39, 0.29) is 12.6 Å². The Morgan fingerprint density at radius 3 is 2.86 bits per heavy atom. The van der Waals surface area contributed by atoms with Crippen molar-refractivity contribution in [3.8, 4) is 11.4 Å². The van der Waals surface area contributed by atoms with E-state index in [4.69, 9.17) is 9.63 Å². The third-order valence-corrected chi connectivity index (χ3v) is 3.05. The molecule has 0 aliphatic carbocycles. The zero-order chi connectivity index (χ0) is 15.9. The van der Waals surface area contributed by atoms with E-state index in [0.29, 0.717) is 30.5 Å². The van der Waals surface area contributed by atoms with Crippen LogP contribution < -0.4 is 5.32 Å². The van der Waals surface area contributed by atoms with Gasteiger partial charge in [-0.2, -0.15) is 4.98 Å². The van der Waals surface area contributed by atoms with Crippen LogP contribution in [0, 0.1) is 6.92 Å². The van der Waals surface area contributed by atoms with E-state index in [1.807, 2.05) is 19.1 Å². The SMILES string of the molecule is CCCN(CCO)C(=O)Nc1cccc(-c2noc(C)n2)c1. The summed E-state index contributed by atoms with van der Waals surface area (Å²) in [6.45, 7) is 4.55. The van der Waals surface area contributed by atoms with Gasteiger partial charge in [0.25, 0.3) is 0 Å². The number of anilines is 1. The molecule has 2 rings (SSSR count). The number of hydrogen-bond donors (Lipinski definition) is 2. The first-order chi connectivity index (χ1) is 10.6. The minimum Gasteiger partial charge on any atom is -0.395 e. The number of amides is 2. The smallest absolute Gasteiger partial charge is 0.321 e. The van der Waals surface area contributed by atoms with Gasteiger partial charge in [-0.25, -0.2) is 4.79 Å². The molecule has 2 amide bonds. The van der Waals surface area contributed by atoms with E-state index in [9.17, 15) is 4.79 Å². The van der Waals surface area contributed by atoms with E-state index in [0.717, 1.165) is 12.0 Å². The predicted octanol–water partition coefficient (Wildman–Crippen LogP) is 2.28. The Morgan fingerprint density at radius 2 is 2.23 bits per heavy atom. The number of carbonyl (C=O) groups excluding carboxylic acids is 1. The first kappa shape index (κ1) is 16.0. The van der Waals surface area contributed by atoms with E-state index in [1.165, 1.54) is 0 Å². The molecule has 1 aromatic heterocycles. The maximum Gasteiger partial charge on any atom is 0.321 e. The standard InChI is InChI=1S/C15H20N4O3/c1-3-7-19(8-9-20)15(21)17-13-6-4-5-12(10-13)14-16-11(2)22-18-14/h4-6,10,20H,3,7-9H2,1-2H3,(H,17,21). The fraction of sp³-hybridized carbons (Fsp3) is 0.400. The third-order valence-electron chi connectivity index (χ3n) is 3.05. The van der Waals surface area contributed by atoms with Crippen LogP contribution in [0.2, 0.25) is 0 Å². The lowest BCUT2D eigenvalue weighted by Crippen LogP contribution is -2.37. The molecule has 2 aromatic rings. The predicted molar refractivity (Wildman–Crippen MR) is 82.4 cm³/mol. The van der Waals surface area contributed by atoms with Crippen LogP contribution >= 0.6 is 0 Å². The summed E-state index contributed by atoms with van der Waals surface area (Å²) >= 11 is 0. The van der Waals surface area contributed by atoms with Crippen LogP contribution in [-0.2, 0) is 0 Å². The second kappa shape index (κ2) is 7.56. The lowest BCUT2D eigenvalue weighted by atomic mass is 10.2. The quantitative estimate of drug-likeness (QED) is 0.854. The van der Waals surface area contributed by atoms with Crippen LogP contribution in [0.4, 0.5) is 10.5 Å². The summed E-state index contributed by atoms with van der Waals surface area (Å²) in [6.07, 6.45) is 0.829. The highest BCUT2D eigenvalue weighted by molar-refractivity contribution is 5.90. The molecular weight excluding hydrogens is 284 g/mol. The van der Waals surface area contributed by atoms with Crippen molar-refractivity contribution in [2.24, 2.45) is 0 Å². The van der Waals surface area contributed by atoms with Crippen molar-refractivity contribution in [1.29, 1.82) is 0 Å². The number of hydrogen-bond acceptors (Lipinski definition) is 5. The second-order valence-electron chi connectivity index (χ2n) is 4.86. The molecule has 0 atom stereocenters. The Bertz CT molecular complexity index is 621. The number of nitrogens with one attached hydrogen (secondary N) is 1. The molecule has 0 aliphatic rings. The van der Waals surface area contributed by atoms with Gasteiger partial charge in [-0.15, -0.1) is 0 Å². The maximum atomic E-state index is 12.2. The van der Waals surface area contributed by atoms with Crippen LogP contribution in [0.15, 0.2) is 28.8 Å². The summed E-state index contributed by atoms with van der Waals surface area (Å²) in [7, 11) is 0. The van der Waals surface area contributed by atoms with Crippen molar-refractivity contribution < 1.29 is 14.4 Å². The van der Waals surface area contributed by atoms with Gasteiger partial charge in [0.2, 0.25) is 11.7 Å². The summed E-state index contributed by atoms with van der Waals surface area (Å²) in [6, 6.07) is 6.99. The Labute approximate surface area is 128 Å². The summed E-state index contributed by atoms with van der Waals surface area (Å²) in [5, 5.41) is 15.7. The minimum absolute atomic E-state index is 0.0599. The zero-order valence-corrected chi connectivity index (χ0v) is 12.7. The molecule has 1 aromatic carbocycles. The van der Waals surface area contributed by atoms with Crippen molar-refractivity contribution in [2.45, 2.75) is 20.3 Å². The first-order valence-corrected chi connectivity index (χ1v) is 7.21. The molecule has 7 heteroatoms. The lowest BCUT2D eigenvalue weighted by molar-refractivity contribution is 0.188. The number of aliphatic hydroxyl groups is 1. The highest BCUT2D eigenvalue weighted by Crippen LogP contribution is 2.20. The van der Waals surface area contributed by atoms with Gasteiger partial charge >= 0.3 is 6.03 Å². The molecule has 118 valence electrons. The summed E-state index contributed by atoms with van der Waals surface area (Å²) < 4.78 is 4.96. The number of aromatic nitrogens is 2. The fourth-order valence-electron chi connectivity index (χ4n) is 2.06. The minimum atomic E-state index is -0.239. The van der Waals surface area contributed by atoms with Gasteiger partial charge in [-0.3, -0.25) is 0 Å². The van der Waals surface area contributed by atoms with Gasteiger partial charge < -0.3 is 19.8 Å². The van der Waals surface area contributed by atoms with E-state index < -0.39 is 0 Å². The molecule has 22 heavy (non-hydrogen) atoms. The first-order valence-electron chi connectivity index (χ1n) is 7.21. The molecule has 1 heterocycles. The van der Waals surface area contributed by atoms with Gasteiger partial charge in [-0.1, -0.05) is 24.2 Å². The van der Waals surface area contributed by atoms with Crippen LogP contribution in [0.3, 0.4) is 0 Å². The number of carbonyl (C=O) groups is 1. The fourth-order valence-corrected chi connectivity index (χ4v) is 2.06. The van der Waals surface area contributed by atoms with E-state index >= 15 is 0 Å². The van der Waals surface area contributed by atoms with Crippen LogP contribution in [0.25, 0.3) is 11.4 Å². The number of rotatable bonds is 6. The lowest BCUT2D eigenvalue weighted by Gasteiger charge is -2.21. The second-order valence-corrected chi connectivity index (χ2v) is 4.86. The Morgan fingerprint density at radius 1 is 1.41 bits per heavy atom. The number of aryl methyl sites for hydroxylation is 1. The molecule has 0 bridgehead atoms. The van der Waals surface area contributed by atoms with Crippen molar-refractivity contribution in [2.75, 3.05) is 25.0 Å². The molecular formula is C15H20N4O3. The molecule has 7 nitrogen and oxygen atoms in total. The molecule has 0 saturated heterocycles. The highest BCUT2D eigenvalue weighted by atomic mass is 16.5. The highest BCUT2D eigenvalue weighted by Gasteiger charge is 2.13. The molecule has 2 N–H and O–H groups in total. The monoisotopic (exact) mass is 304 g/mol. The molecule has 0 fully saturated rings. The molecule has 0 unspecified atom stereocenters. The topological polar surface area (TPSA) is 91.5 Å². The van der Waals surface area contributed by atoms with Gasteiger partial charge in [0.15, 0.2) is 0 Å². The maximum absolute atomic E-state index is 12.2. The zero-order valence-electron chi connectivity index (χ0n) is 12.7. The van der Waals surface area contributed by atoms with Crippen molar-refractivity contribution in [3.05, 3.63) is 30.2 Å². The largest absolute Gasteiger partial charge is 0.395 e. The van der Waals surface area contributed by atoms with Crippen LogP contribution in [-0.4, -0.2) is 45.9 Å². The van der Waals surface area contributed by atoms with E-state index in [2.05, 4.69) is 15.5 Å². The number of benzene rings is 1. The van der Waals surface area contributed by atoms with Crippen molar-refractivity contribution >= 4 is 11.7 Å². The van der Waals surface area contributed by atoms with Crippen molar-refractivity contribution in [3.63, 3.8) is 0 Å². The average Bonchev–Trinajstić information content (AvgIpc) is 2.94. The molecule has 0 saturated carbocycles. The Balaban J connectivity index is 2.11. The number of nitrogens with zero attached hydrogens (tertiary/aromatic N) is 3. The van der Waals surface area contributed by atoms with Gasteiger partial charge in [-0.05, 0) is 18.6 Å². The molecule has 0 spiro atoms. The third kappa shape index (κ3) is 4.05. The summed E-state index contributed by atoms with van der Waals surface area (Å²) in [5.74, 6) is 0.968. The van der Waals surface area contributed by atoms with Gasteiger partial charge in [0.05, 0.1) is 6.61 Å². The van der Waals surface area contributed by atoms with E-state index in [1.54, 1.807) is 24.0 Å². The van der Waals surface area contributed by atoms with Crippen LogP contribution in [0.5, 0.6) is 0 Å². The van der Waals surface area contributed by atoms with Crippen LogP contribution in [0.1, 0.15) is 19.2 Å². The normalized spacial score (nSPS) is 10.5. The number of aliphatic hydroxyl groups excluding tert-OH is 1. The Hall–Kier alpha value is -2.41. The molecule has 0 aliphatic heterocycles. The summed E-state index contributed by atoms with van der Waals surface area (Å²) in [5.41, 5.74) is 1.41. The van der Waals surface area contributed by atoms with Crippen molar-refractivity contribution in [1.82, 2.24) is 15.0 Å². The number of urea groups is 1.